The Bertz CT molecular complexity index is 265. The predicted molar refractivity (Wildman–Crippen MR) is 64.3 cm³/mol. The van der Waals surface area contributed by atoms with Gasteiger partial charge in [0.15, 0.2) is 0 Å². The predicted octanol–water partition coefficient (Wildman–Crippen LogP) is 1.37. The molecular weight excluding hydrogens is 206 g/mol. The first-order valence-corrected chi connectivity index (χ1v) is 6.58. The highest BCUT2D eigenvalue weighted by molar-refractivity contribution is 7.07. The number of aromatic nitrogens is 1. The summed E-state index contributed by atoms with van der Waals surface area (Å²) in [7, 11) is 2.20. The van der Waals surface area contributed by atoms with Crippen molar-refractivity contribution in [3.8, 4) is 0 Å². The second kappa shape index (κ2) is 5.58. The summed E-state index contributed by atoms with van der Waals surface area (Å²) < 4.78 is 0. The molecule has 0 atom stereocenters. The highest BCUT2D eigenvalue weighted by Gasteiger charge is 2.15. The third-order valence-corrected chi connectivity index (χ3v) is 3.65. The van der Waals surface area contributed by atoms with Gasteiger partial charge < -0.3 is 10.2 Å². The minimum absolute atomic E-state index is 0.722. The van der Waals surface area contributed by atoms with E-state index in [9.17, 15) is 0 Å². The molecule has 0 bridgehead atoms. The van der Waals surface area contributed by atoms with Crippen molar-refractivity contribution in [3.05, 3.63) is 16.6 Å². The lowest BCUT2D eigenvalue weighted by molar-refractivity contribution is 0.235. The Hall–Kier alpha value is -0.450. The van der Waals surface area contributed by atoms with Crippen LogP contribution in [0.15, 0.2) is 10.9 Å². The molecule has 0 aliphatic carbocycles. The SMILES string of the molecule is CN1CCC(NCCc2cscn2)CC1. The Labute approximate surface area is 95.5 Å². The van der Waals surface area contributed by atoms with Crippen molar-refractivity contribution in [2.45, 2.75) is 25.3 Å². The van der Waals surface area contributed by atoms with Crippen molar-refractivity contribution < 1.29 is 0 Å². The van der Waals surface area contributed by atoms with Crippen LogP contribution in [-0.4, -0.2) is 42.6 Å². The van der Waals surface area contributed by atoms with Crippen LogP contribution < -0.4 is 5.32 Å². The van der Waals surface area contributed by atoms with E-state index in [-0.39, 0.29) is 0 Å². The summed E-state index contributed by atoms with van der Waals surface area (Å²) in [6.45, 7) is 3.53. The molecule has 2 rings (SSSR count). The van der Waals surface area contributed by atoms with Crippen LogP contribution in [0.2, 0.25) is 0 Å². The maximum atomic E-state index is 4.28. The molecule has 1 N–H and O–H groups in total. The van der Waals surface area contributed by atoms with E-state index < -0.39 is 0 Å². The molecule has 1 aliphatic heterocycles. The molecule has 0 unspecified atom stereocenters. The molecule has 1 aliphatic rings. The summed E-state index contributed by atoms with van der Waals surface area (Å²) in [5.41, 5.74) is 3.13. The topological polar surface area (TPSA) is 28.2 Å². The van der Waals surface area contributed by atoms with Crippen LogP contribution >= 0.6 is 11.3 Å². The molecular formula is C11H19N3S. The monoisotopic (exact) mass is 225 g/mol. The summed E-state index contributed by atoms with van der Waals surface area (Å²) >= 11 is 1.68. The zero-order valence-electron chi connectivity index (χ0n) is 9.28. The van der Waals surface area contributed by atoms with E-state index in [2.05, 4.69) is 27.6 Å². The van der Waals surface area contributed by atoms with Crippen molar-refractivity contribution in [2.24, 2.45) is 0 Å². The van der Waals surface area contributed by atoms with E-state index in [4.69, 9.17) is 0 Å². The average Bonchev–Trinajstić information content (AvgIpc) is 2.74. The van der Waals surface area contributed by atoms with Gasteiger partial charge in [-0.2, -0.15) is 0 Å². The molecule has 0 saturated carbocycles. The first kappa shape index (κ1) is 11.0. The number of likely N-dealkylation sites (tertiary alicyclic amines) is 1. The number of thiazole rings is 1. The van der Waals surface area contributed by atoms with E-state index in [0.717, 1.165) is 19.0 Å². The summed E-state index contributed by atoms with van der Waals surface area (Å²) in [5, 5.41) is 5.75. The van der Waals surface area contributed by atoms with Gasteiger partial charge in [-0.3, -0.25) is 0 Å². The van der Waals surface area contributed by atoms with Crippen molar-refractivity contribution >= 4 is 11.3 Å². The van der Waals surface area contributed by atoms with E-state index in [1.54, 1.807) is 11.3 Å². The Morgan fingerprint density at radius 3 is 3.00 bits per heavy atom. The van der Waals surface area contributed by atoms with Crippen molar-refractivity contribution in [1.29, 1.82) is 0 Å². The van der Waals surface area contributed by atoms with Gasteiger partial charge in [-0.05, 0) is 33.0 Å². The largest absolute Gasteiger partial charge is 0.313 e. The Morgan fingerprint density at radius 2 is 2.33 bits per heavy atom. The molecule has 0 amide bonds. The van der Waals surface area contributed by atoms with E-state index in [1.807, 2.05) is 5.51 Å². The van der Waals surface area contributed by atoms with Crippen LogP contribution in [0, 0.1) is 0 Å². The summed E-state index contributed by atoms with van der Waals surface area (Å²) in [6.07, 6.45) is 3.64. The molecule has 0 aromatic carbocycles. The molecule has 3 nitrogen and oxygen atoms in total. The molecule has 1 saturated heterocycles. The molecule has 84 valence electrons. The minimum atomic E-state index is 0.722. The van der Waals surface area contributed by atoms with Crippen molar-refractivity contribution in [3.63, 3.8) is 0 Å². The summed E-state index contributed by atoms with van der Waals surface area (Å²) in [4.78, 5) is 6.68. The molecule has 2 heterocycles. The maximum Gasteiger partial charge on any atom is 0.0794 e. The van der Waals surface area contributed by atoms with Crippen LogP contribution in [0.1, 0.15) is 18.5 Å². The molecule has 1 fully saturated rings. The van der Waals surface area contributed by atoms with Crippen LogP contribution in [0.25, 0.3) is 0 Å². The third kappa shape index (κ3) is 3.55. The molecule has 4 heteroatoms. The number of hydrogen-bond donors (Lipinski definition) is 1. The number of nitrogens with zero attached hydrogens (tertiary/aromatic N) is 2. The quantitative estimate of drug-likeness (QED) is 0.839. The number of hydrogen-bond acceptors (Lipinski definition) is 4. The molecule has 0 spiro atoms. The number of piperidine rings is 1. The highest BCUT2D eigenvalue weighted by Crippen LogP contribution is 2.08. The fourth-order valence-electron chi connectivity index (χ4n) is 1.98. The lowest BCUT2D eigenvalue weighted by Gasteiger charge is -2.29. The lowest BCUT2D eigenvalue weighted by Crippen LogP contribution is -2.41. The van der Waals surface area contributed by atoms with E-state index in [0.29, 0.717) is 0 Å². The van der Waals surface area contributed by atoms with Crippen LogP contribution in [0.3, 0.4) is 0 Å². The molecule has 0 radical (unpaired) electrons. The second-order valence-corrected chi connectivity index (χ2v) is 4.98. The Balaban J connectivity index is 1.62. The zero-order chi connectivity index (χ0) is 10.5. The van der Waals surface area contributed by atoms with Gasteiger partial charge >= 0.3 is 0 Å². The number of nitrogens with one attached hydrogen (secondary N) is 1. The van der Waals surface area contributed by atoms with Gasteiger partial charge in [0.05, 0.1) is 11.2 Å². The molecule has 15 heavy (non-hydrogen) atoms. The fourth-order valence-corrected chi connectivity index (χ4v) is 2.57. The normalized spacial score (nSPS) is 19.5. The molecule has 1 aromatic heterocycles. The lowest BCUT2D eigenvalue weighted by atomic mass is 10.1. The van der Waals surface area contributed by atoms with Crippen LogP contribution in [0.5, 0.6) is 0 Å². The first-order valence-electron chi connectivity index (χ1n) is 5.63. The van der Waals surface area contributed by atoms with Gasteiger partial charge in [0.25, 0.3) is 0 Å². The van der Waals surface area contributed by atoms with Crippen LogP contribution in [-0.2, 0) is 6.42 Å². The van der Waals surface area contributed by atoms with Crippen LogP contribution in [0.4, 0.5) is 0 Å². The first-order chi connectivity index (χ1) is 7.34. The van der Waals surface area contributed by atoms with Gasteiger partial charge in [0, 0.05) is 24.4 Å². The van der Waals surface area contributed by atoms with Gasteiger partial charge in [-0.15, -0.1) is 11.3 Å². The van der Waals surface area contributed by atoms with Gasteiger partial charge in [-0.25, -0.2) is 4.98 Å². The van der Waals surface area contributed by atoms with Gasteiger partial charge in [-0.1, -0.05) is 0 Å². The van der Waals surface area contributed by atoms with Gasteiger partial charge in [0.1, 0.15) is 0 Å². The minimum Gasteiger partial charge on any atom is -0.313 e. The maximum absolute atomic E-state index is 4.28. The standard InChI is InChI=1S/C11H19N3S/c1-14-6-3-10(4-7-14)12-5-2-11-8-15-9-13-11/h8-10,12H,2-7H2,1H3. The average molecular weight is 225 g/mol. The Kier molecular flexibility index (Phi) is 4.11. The Morgan fingerprint density at radius 1 is 1.53 bits per heavy atom. The summed E-state index contributed by atoms with van der Waals surface area (Å²) in [5.74, 6) is 0. The smallest absolute Gasteiger partial charge is 0.0794 e. The fraction of sp³-hybridized carbons (Fsp3) is 0.727. The van der Waals surface area contributed by atoms with Crippen molar-refractivity contribution in [2.75, 3.05) is 26.7 Å². The number of rotatable bonds is 4. The van der Waals surface area contributed by atoms with E-state index in [1.165, 1.54) is 31.6 Å². The zero-order valence-corrected chi connectivity index (χ0v) is 10.1. The second-order valence-electron chi connectivity index (χ2n) is 4.26. The summed E-state index contributed by atoms with van der Waals surface area (Å²) in [6, 6.07) is 0.722. The highest BCUT2D eigenvalue weighted by atomic mass is 32.1. The molecule has 1 aromatic rings. The van der Waals surface area contributed by atoms with Gasteiger partial charge in [0.2, 0.25) is 0 Å². The third-order valence-electron chi connectivity index (χ3n) is 3.02. The van der Waals surface area contributed by atoms with E-state index >= 15 is 0 Å². The van der Waals surface area contributed by atoms with Crippen molar-refractivity contribution in [1.82, 2.24) is 15.2 Å².